The normalized spacial score (nSPS) is 10.5. The average molecular weight is 296 g/mol. The number of nitrogens with two attached hydrogens (primary N) is 1. The summed E-state index contributed by atoms with van der Waals surface area (Å²) in [6.07, 6.45) is 0. The molecule has 4 nitrogen and oxygen atoms in total. The molecular formula is C16H12N2O2S. The first-order valence-electron chi connectivity index (χ1n) is 6.33. The lowest BCUT2D eigenvalue weighted by Crippen LogP contribution is -2.18. The van der Waals surface area contributed by atoms with Crippen molar-refractivity contribution >= 4 is 34.0 Å². The van der Waals surface area contributed by atoms with Crippen LogP contribution in [0.15, 0.2) is 63.8 Å². The monoisotopic (exact) mass is 296 g/mol. The van der Waals surface area contributed by atoms with Crippen LogP contribution in [0.2, 0.25) is 0 Å². The molecule has 0 saturated carbocycles. The van der Waals surface area contributed by atoms with Crippen LogP contribution in [0.4, 0.5) is 5.69 Å². The van der Waals surface area contributed by atoms with Crippen molar-refractivity contribution in [3.63, 3.8) is 0 Å². The number of hydrogen-bond donors (Lipinski definition) is 2. The first kappa shape index (κ1) is 13.3. The summed E-state index contributed by atoms with van der Waals surface area (Å²) in [7, 11) is 0. The third-order valence-corrected chi connectivity index (χ3v) is 3.21. The molecule has 5 heteroatoms. The van der Waals surface area contributed by atoms with Crippen LogP contribution in [0.25, 0.3) is 22.1 Å². The minimum Gasteiger partial charge on any atom is -0.422 e. The minimum atomic E-state index is -0.358. The van der Waals surface area contributed by atoms with Gasteiger partial charge in [0.1, 0.15) is 5.58 Å². The Morgan fingerprint density at radius 3 is 2.52 bits per heavy atom. The van der Waals surface area contributed by atoms with Gasteiger partial charge in [-0.3, -0.25) is 0 Å². The molecule has 0 aliphatic carbocycles. The molecule has 104 valence electrons. The van der Waals surface area contributed by atoms with E-state index in [1.54, 1.807) is 6.07 Å². The Morgan fingerprint density at radius 2 is 1.81 bits per heavy atom. The van der Waals surface area contributed by atoms with Crippen molar-refractivity contribution in [3.8, 4) is 11.1 Å². The Labute approximate surface area is 126 Å². The molecule has 0 radical (unpaired) electrons. The fourth-order valence-corrected chi connectivity index (χ4v) is 2.26. The molecule has 0 spiro atoms. The summed E-state index contributed by atoms with van der Waals surface area (Å²) in [6, 6.07) is 16.5. The number of nitrogens with one attached hydrogen (secondary N) is 1. The zero-order valence-electron chi connectivity index (χ0n) is 11.0. The molecule has 1 aromatic heterocycles. The predicted molar refractivity (Wildman–Crippen MR) is 88.3 cm³/mol. The average Bonchev–Trinajstić information content (AvgIpc) is 2.47. The highest BCUT2D eigenvalue weighted by Gasteiger charge is 2.07. The van der Waals surface area contributed by atoms with Gasteiger partial charge in [-0.1, -0.05) is 30.3 Å². The van der Waals surface area contributed by atoms with Crippen molar-refractivity contribution in [2.75, 3.05) is 5.32 Å². The zero-order chi connectivity index (χ0) is 14.8. The van der Waals surface area contributed by atoms with Gasteiger partial charge in [0.25, 0.3) is 0 Å². The summed E-state index contributed by atoms with van der Waals surface area (Å²) in [4.78, 5) is 12.1. The Kier molecular flexibility index (Phi) is 3.41. The lowest BCUT2D eigenvalue weighted by molar-refractivity contribution is 0.563. The van der Waals surface area contributed by atoms with Gasteiger partial charge in [0, 0.05) is 11.1 Å². The molecule has 0 atom stereocenters. The summed E-state index contributed by atoms with van der Waals surface area (Å²) >= 11 is 4.78. The molecule has 0 amide bonds. The van der Waals surface area contributed by atoms with Crippen LogP contribution in [0.5, 0.6) is 0 Å². The maximum Gasteiger partial charge on any atom is 0.344 e. The molecule has 0 bridgehead atoms. The summed E-state index contributed by atoms with van der Waals surface area (Å²) in [5.74, 6) is 0. The smallest absolute Gasteiger partial charge is 0.344 e. The van der Waals surface area contributed by atoms with E-state index in [-0.39, 0.29) is 10.7 Å². The Balaban J connectivity index is 2.05. The summed E-state index contributed by atoms with van der Waals surface area (Å²) < 4.78 is 5.33. The lowest BCUT2D eigenvalue weighted by atomic mass is 10.1. The third kappa shape index (κ3) is 2.78. The van der Waals surface area contributed by atoms with Gasteiger partial charge >= 0.3 is 5.63 Å². The number of hydrogen-bond acceptors (Lipinski definition) is 3. The first-order chi connectivity index (χ1) is 10.1. The minimum absolute atomic E-state index is 0.202. The fraction of sp³-hybridized carbons (Fsp3) is 0. The number of anilines is 1. The van der Waals surface area contributed by atoms with E-state index in [4.69, 9.17) is 22.4 Å². The summed E-state index contributed by atoms with van der Waals surface area (Å²) in [5.41, 5.74) is 7.72. The van der Waals surface area contributed by atoms with Gasteiger partial charge in [0.2, 0.25) is 0 Å². The van der Waals surface area contributed by atoms with Crippen LogP contribution < -0.4 is 16.7 Å². The molecular weight excluding hydrogens is 284 g/mol. The van der Waals surface area contributed by atoms with E-state index in [0.717, 1.165) is 16.6 Å². The van der Waals surface area contributed by atoms with Crippen molar-refractivity contribution in [2.24, 2.45) is 5.73 Å². The van der Waals surface area contributed by atoms with E-state index in [9.17, 15) is 4.79 Å². The van der Waals surface area contributed by atoms with Gasteiger partial charge in [-0.05, 0) is 42.0 Å². The standard InChI is InChI=1S/C16H12N2O2S/c17-16(21)18-12-7-5-10(6-8-12)13-9-11-3-1-2-4-14(11)20-15(13)19/h1-9H,(H3,17,18,21). The lowest BCUT2D eigenvalue weighted by Gasteiger charge is -2.06. The van der Waals surface area contributed by atoms with E-state index in [1.807, 2.05) is 48.5 Å². The summed E-state index contributed by atoms with van der Waals surface area (Å²) in [5, 5.41) is 3.92. The van der Waals surface area contributed by atoms with Gasteiger partial charge in [-0.15, -0.1) is 0 Å². The quantitative estimate of drug-likeness (QED) is 0.562. The van der Waals surface area contributed by atoms with Gasteiger partial charge in [-0.25, -0.2) is 4.79 Å². The molecule has 0 aliphatic heterocycles. The van der Waals surface area contributed by atoms with Gasteiger partial charge in [0.05, 0.1) is 5.56 Å². The molecule has 0 saturated heterocycles. The molecule has 21 heavy (non-hydrogen) atoms. The highest BCUT2D eigenvalue weighted by atomic mass is 32.1. The van der Waals surface area contributed by atoms with E-state index in [0.29, 0.717) is 11.1 Å². The number of para-hydroxylation sites is 1. The molecule has 0 aliphatic rings. The van der Waals surface area contributed by atoms with Crippen molar-refractivity contribution < 1.29 is 4.42 Å². The predicted octanol–water partition coefficient (Wildman–Crippen LogP) is 3.12. The van der Waals surface area contributed by atoms with Crippen LogP contribution >= 0.6 is 12.2 Å². The topological polar surface area (TPSA) is 68.3 Å². The maximum atomic E-state index is 12.1. The summed E-state index contributed by atoms with van der Waals surface area (Å²) in [6.45, 7) is 0. The number of fused-ring (bicyclic) bond motifs is 1. The highest BCUT2D eigenvalue weighted by Crippen LogP contribution is 2.22. The van der Waals surface area contributed by atoms with Crippen LogP contribution in [0, 0.1) is 0 Å². The highest BCUT2D eigenvalue weighted by molar-refractivity contribution is 7.80. The SMILES string of the molecule is NC(=S)Nc1ccc(-c2cc3ccccc3oc2=O)cc1. The Hall–Kier alpha value is -2.66. The van der Waals surface area contributed by atoms with Crippen LogP contribution in [0.1, 0.15) is 0 Å². The van der Waals surface area contributed by atoms with E-state index in [2.05, 4.69) is 5.32 Å². The Bertz CT molecular complexity index is 869. The number of thiocarbonyl (C=S) groups is 1. The molecule has 0 fully saturated rings. The van der Waals surface area contributed by atoms with Crippen molar-refractivity contribution in [1.29, 1.82) is 0 Å². The second-order valence-electron chi connectivity index (χ2n) is 4.55. The van der Waals surface area contributed by atoms with Crippen molar-refractivity contribution in [3.05, 3.63) is 65.0 Å². The number of rotatable bonds is 2. The second-order valence-corrected chi connectivity index (χ2v) is 4.99. The van der Waals surface area contributed by atoms with Crippen molar-refractivity contribution in [2.45, 2.75) is 0 Å². The largest absolute Gasteiger partial charge is 0.422 e. The van der Waals surface area contributed by atoms with Crippen LogP contribution in [-0.4, -0.2) is 5.11 Å². The maximum absolute atomic E-state index is 12.1. The van der Waals surface area contributed by atoms with Crippen molar-refractivity contribution in [1.82, 2.24) is 0 Å². The second kappa shape index (κ2) is 5.38. The molecule has 3 N–H and O–H groups in total. The molecule has 0 unspecified atom stereocenters. The zero-order valence-corrected chi connectivity index (χ0v) is 11.8. The van der Waals surface area contributed by atoms with E-state index in [1.165, 1.54) is 0 Å². The molecule has 1 heterocycles. The first-order valence-corrected chi connectivity index (χ1v) is 6.74. The van der Waals surface area contributed by atoms with E-state index < -0.39 is 0 Å². The third-order valence-electron chi connectivity index (χ3n) is 3.10. The van der Waals surface area contributed by atoms with Crippen LogP contribution in [0.3, 0.4) is 0 Å². The van der Waals surface area contributed by atoms with Gasteiger partial charge in [-0.2, -0.15) is 0 Å². The van der Waals surface area contributed by atoms with E-state index >= 15 is 0 Å². The van der Waals surface area contributed by atoms with Gasteiger partial charge in [0.15, 0.2) is 5.11 Å². The van der Waals surface area contributed by atoms with Crippen LogP contribution in [-0.2, 0) is 0 Å². The molecule has 2 aromatic carbocycles. The fourth-order valence-electron chi connectivity index (χ4n) is 2.14. The Morgan fingerprint density at radius 1 is 1.10 bits per heavy atom. The molecule has 3 rings (SSSR count). The number of benzene rings is 2. The van der Waals surface area contributed by atoms with Gasteiger partial charge < -0.3 is 15.5 Å². The molecule has 3 aromatic rings.